The Kier molecular flexibility index (Phi) is 4.92. The molecule has 0 amide bonds. The van der Waals surface area contributed by atoms with Gasteiger partial charge >= 0.3 is 0 Å². The summed E-state index contributed by atoms with van der Waals surface area (Å²) >= 11 is 7.26. The zero-order valence-corrected chi connectivity index (χ0v) is 15.5. The van der Waals surface area contributed by atoms with Gasteiger partial charge in [0.25, 0.3) is 5.56 Å². The lowest BCUT2D eigenvalue weighted by Gasteiger charge is -2.13. The molecule has 4 rings (SSSR count). The van der Waals surface area contributed by atoms with Crippen LogP contribution in [0.3, 0.4) is 0 Å². The van der Waals surface area contributed by atoms with E-state index >= 15 is 0 Å². The number of nitrogens with zero attached hydrogens (tertiary/aromatic N) is 3. The van der Waals surface area contributed by atoms with Gasteiger partial charge in [0.2, 0.25) is 0 Å². The normalized spacial score (nSPS) is 11.0. The molecule has 0 atom stereocenters. The molecule has 0 spiro atoms. The predicted octanol–water partition coefficient (Wildman–Crippen LogP) is 4.87. The summed E-state index contributed by atoms with van der Waals surface area (Å²) in [7, 11) is 0. The van der Waals surface area contributed by atoms with Gasteiger partial charge in [0.05, 0.1) is 11.2 Å². The summed E-state index contributed by atoms with van der Waals surface area (Å²) in [5.74, 6) is 0.0613. The van der Waals surface area contributed by atoms with Gasteiger partial charge in [-0.15, -0.1) is 0 Å². The van der Waals surface area contributed by atoms with E-state index in [1.54, 1.807) is 60.8 Å². The lowest BCUT2D eigenvalue weighted by Crippen LogP contribution is -2.22. The first-order valence-electron chi connectivity index (χ1n) is 8.13. The second-order valence-corrected chi connectivity index (χ2v) is 7.14. The third kappa shape index (κ3) is 3.59. The Balaban J connectivity index is 1.84. The van der Waals surface area contributed by atoms with Crippen molar-refractivity contribution in [2.24, 2.45) is 0 Å². The molecule has 27 heavy (non-hydrogen) atoms. The number of fused-ring (bicyclic) bond motifs is 1. The van der Waals surface area contributed by atoms with Crippen molar-refractivity contribution in [2.75, 3.05) is 0 Å². The lowest BCUT2D eigenvalue weighted by atomic mass is 10.2. The number of hydrogen-bond acceptors (Lipinski definition) is 4. The van der Waals surface area contributed by atoms with Crippen LogP contribution in [-0.4, -0.2) is 14.5 Å². The first-order valence-corrected chi connectivity index (χ1v) is 9.50. The zero-order chi connectivity index (χ0) is 18.8. The van der Waals surface area contributed by atoms with Crippen molar-refractivity contribution in [1.82, 2.24) is 14.5 Å². The monoisotopic (exact) mass is 397 g/mol. The Morgan fingerprint density at radius 3 is 2.59 bits per heavy atom. The summed E-state index contributed by atoms with van der Waals surface area (Å²) < 4.78 is 15.4. The smallest absolute Gasteiger partial charge is 0.266 e. The Hall–Kier alpha value is -2.70. The van der Waals surface area contributed by atoms with E-state index in [2.05, 4.69) is 9.97 Å². The van der Waals surface area contributed by atoms with Crippen LogP contribution in [0.25, 0.3) is 16.7 Å². The van der Waals surface area contributed by atoms with Crippen molar-refractivity contribution in [3.63, 3.8) is 0 Å². The second-order valence-electron chi connectivity index (χ2n) is 5.76. The van der Waals surface area contributed by atoms with Crippen LogP contribution in [-0.2, 0) is 5.75 Å². The summed E-state index contributed by atoms with van der Waals surface area (Å²) in [4.78, 5) is 21.8. The summed E-state index contributed by atoms with van der Waals surface area (Å²) in [6.07, 6.45) is 1.56. The third-order valence-electron chi connectivity index (χ3n) is 4.00. The standard InChI is InChI=1S/C20H13ClFN3OS/c21-14-7-9-15(10-8-14)25-19(26)18-17(6-3-11-23-18)24-20(25)27-12-13-4-1-2-5-16(13)22/h1-11H,12H2. The maximum absolute atomic E-state index is 14.0. The number of rotatable bonds is 4. The third-order valence-corrected chi connectivity index (χ3v) is 5.24. The van der Waals surface area contributed by atoms with Crippen LogP contribution in [0.4, 0.5) is 4.39 Å². The maximum atomic E-state index is 14.0. The molecular formula is C20H13ClFN3OS. The predicted molar refractivity (Wildman–Crippen MR) is 106 cm³/mol. The van der Waals surface area contributed by atoms with E-state index in [1.165, 1.54) is 22.4 Å². The lowest BCUT2D eigenvalue weighted by molar-refractivity contribution is 0.617. The van der Waals surface area contributed by atoms with Crippen LogP contribution in [0.15, 0.2) is 76.8 Å². The van der Waals surface area contributed by atoms with Gasteiger partial charge in [-0.1, -0.05) is 41.6 Å². The molecule has 0 saturated carbocycles. The molecule has 0 bridgehead atoms. The highest BCUT2D eigenvalue weighted by Crippen LogP contribution is 2.25. The van der Waals surface area contributed by atoms with E-state index < -0.39 is 0 Å². The molecule has 4 aromatic rings. The van der Waals surface area contributed by atoms with Crippen LogP contribution in [0.1, 0.15) is 5.56 Å². The molecular weight excluding hydrogens is 385 g/mol. The van der Waals surface area contributed by atoms with Crippen molar-refractivity contribution in [1.29, 1.82) is 0 Å². The fourth-order valence-electron chi connectivity index (χ4n) is 2.67. The van der Waals surface area contributed by atoms with Gasteiger partial charge in [-0.2, -0.15) is 0 Å². The van der Waals surface area contributed by atoms with Crippen molar-refractivity contribution < 1.29 is 4.39 Å². The van der Waals surface area contributed by atoms with Crippen molar-refractivity contribution >= 4 is 34.4 Å². The van der Waals surface area contributed by atoms with Crippen LogP contribution in [0.2, 0.25) is 5.02 Å². The van der Waals surface area contributed by atoms with E-state index in [0.717, 1.165) is 0 Å². The Morgan fingerprint density at radius 1 is 1.04 bits per heavy atom. The van der Waals surface area contributed by atoms with Crippen molar-refractivity contribution in [2.45, 2.75) is 10.9 Å². The topological polar surface area (TPSA) is 47.8 Å². The molecule has 0 N–H and O–H groups in total. The average molecular weight is 398 g/mol. The highest BCUT2D eigenvalue weighted by molar-refractivity contribution is 7.98. The molecule has 0 radical (unpaired) electrons. The van der Waals surface area contributed by atoms with Crippen molar-refractivity contribution in [3.05, 3.63) is 93.6 Å². The highest BCUT2D eigenvalue weighted by Gasteiger charge is 2.15. The molecule has 0 saturated heterocycles. The summed E-state index contributed by atoms with van der Waals surface area (Å²) in [5, 5.41) is 1.03. The van der Waals surface area contributed by atoms with Crippen LogP contribution >= 0.6 is 23.4 Å². The highest BCUT2D eigenvalue weighted by atomic mass is 35.5. The van der Waals surface area contributed by atoms with E-state index in [0.29, 0.717) is 32.7 Å². The number of halogens is 2. The Morgan fingerprint density at radius 2 is 1.81 bits per heavy atom. The second kappa shape index (κ2) is 7.50. The molecule has 2 heterocycles. The average Bonchev–Trinajstić information content (AvgIpc) is 2.69. The molecule has 134 valence electrons. The summed E-state index contributed by atoms with van der Waals surface area (Å²) in [6.45, 7) is 0. The van der Waals surface area contributed by atoms with E-state index in [-0.39, 0.29) is 16.9 Å². The van der Waals surface area contributed by atoms with E-state index in [4.69, 9.17) is 11.6 Å². The van der Waals surface area contributed by atoms with Gasteiger partial charge in [-0.05, 0) is 48.0 Å². The quantitative estimate of drug-likeness (QED) is 0.364. The van der Waals surface area contributed by atoms with Gasteiger partial charge in [-0.25, -0.2) is 14.4 Å². The van der Waals surface area contributed by atoms with Crippen LogP contribution < -0.4 is 5.56 Å². The minimum atomic E-state index is -0.284. The molecule has 0 aliphatic heterocycles. The molecule has 7 heteroatoms. The molecule has 2 aromatic heterocycles. The zero-order valence-electron chi connectivity index (χ0n) is 14.0. The van der Waals surface area contributed by atoms with Gasteiger partial charge in [0.15, 0.2) is 10.7 Å². The number of aromatic nitrogens is 3. The Labute approximate surface area is 163 Å². The molecule has 0 unspecified atom stereocenters. The Bertz CT molecular complexity index is 1180. The molecule has 4 nitrogen and oxygen atoms in total. The summed E-state index contributed by atoms with van der Waals surface area (Å²) in [6, 6.07) is 16.9. The number of thioether (sulfide) groups is 1. The SMILES string of the molecule is O=c1c2ncccc2nc(SCc2ccccc2F)n1-c1ccc(Cl)cc1. The van der Waals surface area contributed by atoms with Crippen molar-refractivity contribution in [3.8, 4) is 5.69 Å². The van der Waals surface area contributed by atoms with E-state index in [1.807, 2.05) is 0 Å². The molecule has 0 aliphatic carbocycles. The molecule has 0 aliphatic rings. The number of hydrogen-bond donors (Lipinski definition) is 0. The van der Waals surface area contributed by atoms with Gasteiger partial charge in [-0.3, -0.25) is 9.36 Å². The fraction of sp³-hybridized carbons (Fsp3) is 0.0500. The number of benzene rings is 2. The number of pyridine rings is 1. The largest absolute Gasteiger partial charge is 0.285 e. The first kappa shape index (κ1) is 17.7. The van der Waals surface area contributed by atoms with Gasteiger partial charge in [0, 0.05) is 17.0 Å². The minimum absolute atomic E-state index is 0.279. The minimum Gasteiger partial charge on any atom is -0.266 e. The van der Waals surface area contributed by atoms with Crippen LogP contribution in [0.5, 0.6) is 0 Å². The molecule has 0 fully saturated rings. The maximum Gasteiger partial charge on any atom is 0.285 e. The van der Waals surface area contributed by atoms with Crippen LogP contribution in [0, 0.1) is 5.82 Å². The van der Waals surface area contributed by atoms with E-state index in [9.17, 15) is 9.18 Å². The summed E-state index contributed by atoms with van der Waals surface area (Å²) in [5.41, 5.74) is 1.68. The van der Waals surface area contributed by atoms with Gasteiger partial charge < -0.3 is 0 Å². The molecule has 2 aromatic carbocycles. The first-order chi connectivity index (χ1) is 13.1. The fourth-order valence-corrected chi connectivity index (χ4v) is 3.80. The van der Waals surface area contributed by atoms with Gasteiger partial charge in [0.1, 0.15) is 5.82 Å².